The Morgan fingerprint density at radius 1 is 1.69 bits per heavy atom. The predicted molar refractivity (Wildman–Crippen MR) is 45.1 cm³/mol. The Morgan fingerprint density at radius 3 is 3.08 bits per heavy atom. The fourth-order valence-corrected chi connectivity index (χ4v) is 1.02. The lowest BCUT2D eigenvalue weighted by Gasteiger charge is -1.97. The van der Waals surface area contributed by atoms with Crippen LogP contribution in [0, 0.1) is 0 Å². The van der Waals surface area contributed by atoms with Crippen molar-refractivity contribution in [2.24, 2.45) is 0 Å². The Labute approximate surface area is 76.4 Å². The number of rotatable bonds is 3. The Hall–Kier alpha value is -1.42. The molecule has 4 heteroatoms. The number of carbonyl (C=O) groups is 1. The van der Waals surface area contributed by atoms with Crippen molar-refractivity contribution in [1.82, 2.24) is 0 Å². The molecule has 1 heterocycles. The van der Waals surface area contributed by atoms with E-state index in [1.54, 1.807) is 29.1 Å². The highest BCUT2D eigenvalue weighted by Gasteiger charge is 2.09. The van der Waals surface area contributed by atoms with E-state index in [9.17, 15) is 4.79 Å². The van der Waals surface area contributed by atoms with E-state index in [2.05, 4.69) is 4.74 Å². The second-order valence-electron chi connectivity index (χ2n) is 2.55. The average molecular weight is 182 g/mol. The molecule has 0 saturated heterocycles. The Morgan fingerprint density at radius 2 is 2.46 bits per heavy atom. The molecule has 4 nitrogen and oxygen atoms in total. The fraction of sp³-hybridized carbons (Fsp3) is 0.333. The molecule has 0 atom stereocenters. The average Bonchev–Trinajstić information content (AvgIpc) is 2.18. The number of ether oxygens (including phenoxy) is 1. The van der Waals surface area contributed by atoms with Crippen molar-refractivity contribution in [1.29, 1.82) is 0 Å². The minimum Gasteiger partial charge on any atom is -0.465 e. The number of hydrogen-bond acceptors (Lipinski definition) is 3. The summed E-state index contributed by atoms with van der Waals surface area (Å²) in [5.41, 5.74) is 0.485. The summed E-state index contributed by atoms with van der Waals surface area (Å²) in [5, 5.41) is 8.67. The van der Waals surface area contributed by atoms with Gasteiger partial charge in [0.15, 0.2) is 18.9 Å². The molecule has 0 aliphatic heterocycles. The summed E-state index contributed by atoms with van der Waals surface area (Å²) in [6, 6.07) is 3.40. The van der Waals surface area contributed by atoms with Gasteiger partial charge in [-0.1, -0.05) is 0 Å². The second-order valence-corrected chi connectivity index (χ2v) is 2.55. The number of methoxy groups -OCH3 is 1. The maximum absolute atomic E-state index is 11.1. The molecule has 1 aromatic rings. The lowest BCUT2D eigenvalue weighted by Crippen LogP contribution is -2.35. The molecule has 1 N–H and O–H groups in total. The molecule has 1 rings (SSSR count). The van der Waals surface area contributed by atoms with Crippen molar-refractivity contribution in [3.05, 3.63) is 30.1 Å². The molecule has 13 heavy (non-hydrogen) atoms. The third kappa shape index (κ3) is 2.52. The van der Waals surface area contributed by atoms with E-state index in [1.807, 2.05) is 0 Å². The van der Waals surface area contributed by atoms with Gasteiger partial charge in [-0.3, -0.25) is 0 Å². The molecule has 0 aliphatic carbocycles. The number of nitrogens with zero attached hydrogens (tertiary/aromatic N) is 1. The van der Waals surface area contributed by atoms with Gasteiger partial charge in [0, 0.05) is 6.07 Å². The van der Waals surface area contributed by atoms with Gasteiger partial charge in [0.1, 0.15) is 12.2 Å². The Balaban J connectivity index is 2.85. The third-order valence-corrected chi connectivity index (χ3v) is 1.64. The summed E-state index contributed by atoms with van der Waals surface area (Å²) in [7, 11) is 1.34. The smallest absolute Gasteiger partial charge is 0.343 e. The van der Waals surface area contributed by atoms with E-state index in [0.29, 0.717) is 12.1 Å². The van der Waals surface area contributed by atoms with Crippen LogP contribution in [-0.2, 0) is 11.3 Å². The normalized spacial score (nSPS) is 9.69. The maximum atomic E-state index is 11.1. The van der Waals surface area contributed by atoms with Crippen LogP contribution in [0.4, 0.5) is 0 Å². The number of aromatic nitrogens is 1. The molecule has 0 bridgehead atoms. The molecule has 0 fully saturated rings. The van der Waals surface area contributed by atoms with Crippen LogP contribution >= 0.6 is 0 Å². The molecule has 0 amide bonds. The quantitative estimate of drug-likeness (QED) is 0.518. The summed E-state index contributed by atoms with van der Waals surface area (Å²) in [6.45, 7) is 0.528. The van der Waals surface area contributed by atoms with Crippen LogP contribution in [-0.4, -0.2) is 24.8 Å². The fourth-order valence-electron chi connectivity index (χ4n) is 1.02. The van der Waals surface area contributed by atoms with Crippen LogP contribution in [0.3, 0.4) is 0 Å². The maximum Gasteiger partial charge on any atom is 0.343 e. The zero-order valence-corrected chi connectivity index (χ0v) is 7.43. The van der Waals surface area contributed by atoms with E-state index < -0.39 is 0 Å². The van der Waals surface area contributed by atoms with Crippen LogP contribution in [0.5, 0.6) is 0 Å². The van der Waals surface area contributed by atoms with E-state index in [-0.39, 0.29) is 12.6 Å². The van der Waals surface area contributed by atoms with Crippen LogP contribution in [0.25, 0.3) is 0 Å². The summed E-state index contributed by atoms with van der Waals surface area (Å²) < 4.78 is 6.28. The van der Waals surface area contributed by atoms with Crippen molar-refractivity contribution in [3.8, 4) is 0 Å². The number of aliphatic hydroxyl groups excluding tert-OH is 1. The first-order valence-corrected chi connectivity index (χ1v) is 3.96. The van der Waals surface area contributed by atoms with Crippen molar-refractivity contribution in [2.45, 2.75) is 6.54 Å². The number of hydrogen-bond donors (Lipinski definition) is 1. The first kappa shape index (κ1) is 9.67. The van der Waals surface area contributed by atoms with E-state index in [4.69, 9.17) is 5.11 Å². The van der Waals surface area contributed by atoms with Crippen molar-refractivity contribution >= 4 is 5.97 Å². The van der Waals surface area contributed by atoms with E-state index in [0.717, 1.165) is 0 Å². The molecular formula is C9H12NO3+. The number of carbonyl (C=O) groups excluding carboxylic acids is 1. The van der Waals surface area contributed by atoms with Gasteiger partial charge < -0.3 is 9.84 Å². The van der Waals surface area contributed by atoms with Crippen LogP contribution in [0.1, 0.15) is 10.4 Å². The van der Waals surface area contributed by atoms with Crippen molar-refractivity contribution in [2.75, 3.05) is 13.7 Å². The van der Waals surface area contributed by atoms with Crippen molar-refractivity contribution < 1.29 is 19.2 Å². The number of pyridine rings is 1. The lowest BCUT2D eigenvalue weighted by atomic mass is 10.3. The Bertz CT molecular complexity index is 299. The summed E-state index contributed by atoms with van der Waals surface area (Å²) in [5.74, 6) is -0.368. The van der Waals surface area contributed by atoms with Crippen molar-refractivity contribution in [3.63, 3.8) is 0 Å². The zero-order chi connectivity index (χ0) is 9.68. The predicted octanol–water partition coefficient (Wildman–Crippen LogP) is -0.247. The SMILES string of the molecule is COC(=O)c1ccc[n+](CCO)c1. The number of esters is 1. The highest BCUT2D eigenvalue weighted by Crippen LogP contribution is 1.96. The standard InChI is InChI=1S/C9H12NO3/c1-13-9(12)8-3-2-4-10(7-8)5-6-11/h2-4,7,11H,5-6H2,1H3/q+1. The molecule has 70 valence electrons. The molecule has 0 radical (unpaired) electrons. The Kier molecular flexibility index (Phi) is 3.40. The molecule has 1 aromatic heterocycles. The monoisotopic (exact) mass is 182 g/mol. The first-order valence-electron chi connectivity index (χ1n) is 3.96. The molecule has 0 aliphatic rings. The highest BCUT2D eigenvalue weighted by molar-refractivity contribution is 5.88. The van der Waals surface area contributed by atoms with Gasteiger partial charge in [0.05, 0.1) is 7.11 Å². The van der Waals surface area contributed by atoms with E-state index >= 15 is 0 Å². The van der Waals surface area contributed by atoms with Gasteiger partial charge in [0.25, 0.3) is 0 Å². The van der Waals surface area contributed by atoms with Crippen LogP contribution in [0.15, 0.2) is 24.5 Å². The minimum atomic E-state index is -0.368. The number of aliphatic hydroxyl groups is 1. The van der Waals surface area contributed by atoms with E-state index in [1.165, 1.54) is 7.11 Å². The van der Waals surface area contributed by atoms with Gasteiger partial charge in [-0.25, -0.2) is 9.36 Å². The van der Waals surface area contributed by atoms with Gasteiger partial charge in [-0.15, -0.1) is 0 Å². The van der Waals surface area contributed by atoms with Crippen LogP contribution < -0.4 is 4.57 Å². The second kappa shape index (κ2) is 4.57. The first-order chi connectivity index (χ1) is 6.27. The lowest BCUT2D eigenvalue weighted by molar-refractivity contribution is -0.698. The molecule has 0 spiro atoms. The van der Waals surface area contributed by atoms with Gasteiger partial charge >= 0.3 is 5.97 Å². The molecule has 0 unspecified atom stereocenters. The molecular weight excluding hydrogens is 170 g/mol. The summed E-state index contributed by atoms with van der Waals surface area (Å²) in [4.78, 5) is 11.1. The minimum absolute atomic E-state index is 0.0509. The topological polar surface area (TPSA) is 50.4 Å². The summed E-state index contributed by atoms with van der Waals surface area (Å²) >= 11 is 0. The van der Waals surface area contributed by atoms with Gasteiger partial charge in [-0.2, -0.15) is 0 Å². The van der Waals surface area contributed by atoms with Gasteiger partial charge in [0.2, 0.25) is 0 Å². The van der Waals surface area contributed by atoms with Gasteiger partial charge in [-0.05, 0) is 6.07 Å². The van der Waals surface area contributed by atoms with Crippen LogP contribution in [0.2, 0.25) is 0 Å². The molecule has 0 saturated carbocycles. The largest absolute Gasteiger partial charge is 0.465 e. The third-order valence-electron chi connectivity index (χ3n) is 1.64. The zero-order valence-electron chi connectivity index (χ0n) is 7.43. The molecule has 0 aromatic carbocycles. The summed E-state index contributed by atoms with van der Waals surface area (Å²) in [6.07, 6.45) is 3.42. The highest BCUT2D eigenvalue weighted by atomic mass is 16.5.